The topological polar surface area (TPSA) is 81.4 Å². The Morgan fingerprint density at radius 2 is 2.16 bits per heavy atom. The molecule has 0 radical (unpaired) electrons. The molecule has 1 aromatic rings. The second-order valence-corrected chi connectivity index (χ2v) is 5.36. The average Bonchev–Trinajstić information content (AvgIpc) is 2.61. The first-order valence-corrected chi connectivity index (χ1v) is 6.67. The molecule has 6 heteroatoms. The average molecular weight is 282 g/mol. The number of ether oxygens (including phenoxy) is 1. The van der Waals surface area contributed by atoms with Crippen molar-refractivity contribution in [2.75, 3.05) is 12.3 Å². The van der Waals surface area contributed by atoms with Crippen molar-refractivity contribution in [3.63, 3.8) is 0 Å². The van der Waals surface area contributed by atoms with Gasteiger partial charge in [0.15, 0.2) is 0 Å². The van der Waals surface area contributed by atoms with Crippen molar-refractivity contribution in [1.82, 2.24) is 5.32 Å². The third-order valence-corrected chi connectivity index (χ3v) is 3.44. The smallest absolute Gasteiger partial charge is 0.348 e. The van der Waals surface area contributed by atoms with E-state index in [1.54, 1.807) is 6.92 Å². The first-order valence-electron chi connectivity index (χ1n) is 5.86. The Morgan fingerprint density at radius 1 is 1.53 bits per heavy atom. The number of thiophene rings is 1. The summed E-state index contributed by atoms with van der Waals surface area (Å²) in [5, 5.41) is 3.08. The highest BCUT2D eigenvalue weighted by atomic mass is 32.1. The summed E-state index contributed by atoms with van der Waals surface area (Å²) in [5.74, 6) is -0.762. The van der Waals surface area contributed by atoms with Crippen LogP contribution in [0.2, 0.25) is 0 Å². The van der Waals surface area contributed by atoms with E-state index in [9.17, 15) is 9.59 Å². The number of hydrogen-bond donors (Lipinski definition) is 2. The van der Waals surface area contributed by atoms with Crippen LogP contribution >= 0.6 is 11.3 Å². The van der Waals surface area contributed by atoms with E-state index in [4.69, 9.17) is 10.5 Å². The van der Waals surface area contributed by atoms with Crippen LogP contribution in [0.5, 0.6) is 0 Å². The minimum atomic E-state index is -0.488. The molecule has 104 valence electrons. The van der Waals surface area contributed by atoms with Crippen LogP contribution in [0.3, 0.4) is 0 Å². The Labute approximate surface area is 116 Å². The van der Waals surface area contributed by atoms with Crippen molar-refractivity contribution in [2.45, 2.75) is 26.8 Å². The van der Waals surface area contributed by atoms with Gasteiger partial charge in [0.1, 0.15) is 11.5 Å². The zero-order valence-electron chi connectivity index (χ0n) is 11.3. The maximum Gasteiger partial charge on any atom is 0.348 e. The number of carbonyl (C=O) groups is 2. The van der Waals surface area contributed by atoms with Crippen molar-refractivity contribution in [2.24, 2.45) is 0 Å². The molecule has 0 spiro atoms. The quantitative estimate of drug-likeness (QED) is 0.640. The third kappa shape index (κ3) is 3.57. The molecule has 0 aliphatic heterocycles. The fourth-order valence-corrected chi connectivity index (χ4v) is 2.51. The lowest BCUT2D eigenvalue weighted by Gasteiger charge is -2.08. The summed E-state index contributed by atoms with van der Waals surface area (Å²) in [6.45, 7) is 9.00. The van der Waals surface area contributed by atoms with E-state index in [2.05, 4.69) is 11.9 Å². The summed E-state index contributed by atoms with van der Waals surface area (Å²) in [6, 6.07) is 0.00219. The first kappa shape index (κ1) is 15.2. The second kappa shape index (κ2) is 6.38. The molecule has 5 nitrogen and oxygen atoms in total. The molecule has 0 saturated carbocycles. The maximum atomic E-state index is 12.0. The van der Waals surface area contributed by atoms with Gasteiger partial charge in [0.25, 0.3) is 5.91 Å². The van der Waals surface area contributed by atoms with Crippen molar-refractivity contribution < 1.29 is 14.3 Å². The van der Waals surface area contributed by atoms with Gasteiger partial charge in [0, 0.05) is 6.04 Å². The molecule has 0 aliphatic carbocycles. The van der Waals surface area contributed by atoms with Gasteiger partial charge in [-0.2, -0.15) is 0 Å². The van der Waals surface area contributed by atoms with Crippen molar-refractivity contribution in [3.8, 4) is 0 Å². The van der Waals surface area contributed by atoms with E-state index in [1.165, 1.54) is 6.08 Å². The maximum absolute atomic E-state index is 12.0. The van der Waals surface area contributed by atoms with E-state index in [1.807, 2.05) is 13.8 Å². The van der Waals surface area contributed by atoms with E-state index in [-0.39, 0.29) is 18.6 Å². The van der Waals surface area contributed by atoms with Crippen LogP contribution in [-0.2, 0) is 4.74 Å². The Balaban J connectivity index is 3.03. The van der Waals surface area contributed by atoms with Crippen molar-refractivity contribution in [1.29, 1.82) is 0 Å². The molecular weight excluding hydrogens is 264 g/mol. The number of nitrogen functional groups attached to an aromatic ring is 1. The molecule has 0 bridgehead atoms. The van der Waals surface area contributed by atoms with Gasteiger partial charge in [-0.05, 0) is 26.3 Å². The van der Waals surface area contributed by atoms with Crippen LogP contribution in [0.1, 0.15) is 39.4 Å². The number of amides is 1. The minimum Gasteiger partial charge on any atom is -0.457 e. The number of nitrogens with two attached hydrogens (primary N) is 1. The lowest BCUT2D eigenvalue weighted by Crippen LogP contribution is -2.30. The number of esters is 1. The summed E-state index contributed by atoms with van der Waals surface area (Å²) in [7, 11) is 0. The molecule has 0 saturated heterocycles. The van der Waals surface area contributed by atoms with Gasteiger partial charge in [-0.15, -0.1) is 11.3 Å². The van der Waals surface area contributed by atoms with E-state index in [0.29, 0.717) is 21.0 Å². The number of carbonyl (C=O) groups excluding carboxylic acids is 2. The summed E-state index contributed by atoms with van der Waals surface area (Å²) < 4.78 is 4.95. The van der Waals surface area contributed by atoms with Gasteiger partial charge in [-0.25, -0.2) is 4.79 Å². The number of rotatable bonds is 5. The largest absolute Gasteiger partial charge is 0.457 e. The van der Waals surface area contributed by atoms with E-state index < -0.39 is 5.97 Å². The Hall–Kier alpha value is -1.82. The first-order chi connectivity index (χ1) is 8.88. The monoisotopic (exact) mass is 282 g/mol. The number of hydrogen-bond acceptors (Lipinski definition) is 5. The molecular formula is C13H18N2O3S. The molecule has 0 fully saturated rings. The highest BCUT2D eigenvalue weighted by Gasteiger charge is 2.24. The highest BCUT2D eigenvalue weighted by molar-refractivity contribution is 7.18. The molecule has 1 amide bonds. The highest BCUT2D eigenvalue weighted by Crippen LogP contribution is 2.31. The van der Waals surface area contributed by atoms with Crippen molar-refractivity contribution >= 4 is 28.2 Å². The molecule has 0 unspecified atom stereocenters. The second-order valence-electron chi connectivity index (χ2n) is 4.31. The van der Waals surface area contributed by atoms with Crippen molar-refractivity contribution in [3.05, 3.63) is 28.7 Å². The molecule has 1 aromatic heterocycles. The predicted molar refractivity (Wildman–Crippen MR) is 76.6 cm³/mol. The lowest BCUT2D eigenvalue weighted by atomic mass is 10.1. The van der Waals surface area contributed by atoms with Crippen LogP contribution in [-0.4, -0.2) is 24.5 Å². The fourth-order valence-electron chi connectivity index (χ4n) is 1.55. The van der Waals surface area contributed by atoms with Gasteiger partial charge < -0.3 is 15.8 Å². The summed E-state index contributed by atoms with van der Waals surface area (Å²) in [6.07, 6.45) is 1.48. The summed E-state index contributed by atoms with van der Waals surface area (Å²) in [5.41, 5.74) is 6.72. The Morgan fingerprint density at radius 3 is 2.68 bits per heavy atom. The van der Waals surface area contributed by atoms with Gasteiger partial charge >= 0.3 is 5.97 Å². The molecule has 1 rings (SSSR count). The zero-order chi connectivity index (χ0) is 14.6. The molecule has 0 aliphatic rings. The van der Waals surface area contributed by atoms with Crippen LogP contribution in [0.15, 0.2) is 12.7 Å². The fraction of sp³-hybridized carbons (Fsp3) is 0.385. The Kier molecular flexibility index (Phi) is 5.11. The van der Waals surface area contributed by atoms with Gasteiger partial charge in [0.2, 0.25) is 0 Å². The zero-order valence-corrected chi connectivity index (χ0v) is 12.1. The minimum absolute atomic E-state index is 0.00219. The van der Waals surface area contributed by atoms with Crippen LogP contribution in [0, 0.1) is 6.92 Å². The van der Waals surface area contributed by atoms with Crippen LogP contribution in [0.4, 0.5) is 5.00 Å². The van der Waals surface area contributed by atoms with Crippen LogP contribution < -0.4 is 11.1 Å². The predicted octanol–water partition coefficient (Wildman–Crippen LogP) is 2.12. The van der Waals surface area contributed by atoms with Crippen LogP contribution in [0.25, 0.3) is 0 Å². The molecule has 0 atom stereocenters. The normalized spacial score (nSPS) is 10.3. The standard InChI is InChI=1S/C13H18N2O3S/c1-5-6-18-13(17)10-8(4)9(11(14)19-10)12(16)15-7(2)3/h5,7H,1,6,14H2,2-4H3,(H,15,16). The molecule has 19 heavy (non-hydrogen) atoms. The van der Waals surface area contributed by atoms with Gasteiger partial charge in [-0.3, -0.25) is 4.79 Å². The lowest BCUT2D eigenvalue weighted by molar-refractivity contribution is 0.0554. The van der Waals surface area contributed by atoms with Gasteiger partial charge in [-0.1, -0.05) is 12.7 Å². The molecule has 0 aromatic carbocycles. The summed E-state index contributed by atoms with van der Waals surface area (Å²) >= 11 is 1.06. The number of anilines is 1. The van der Waals surface area contributed by atoms with Gasteiger partial charge in [0.05, 0.1) is 10.6 Å². The SMILES string of the molecule is C=CCOC(=O)c1sc(N)c(C(=O)NC(C)C)c1C. The molecule has 3 N–H and O–H groups in total. The summed E-state index contributed by atoms with van der Waals surface area (Å²) in [4.78, 5) is 24.1. The van der Waals surface area contributed by atoms with E-state index in [0.717, 1.165) is 11.3 Å². The number of nitrogens with one attached hydrogen (secondary N) is 1. The molecule has 1 heterocycles. The Bertz CT molecular complexity index is 506. The third-order valence-electron chi connectivity index (χ3n) is 2.34. The van der Waals surface area contributed by atoms with E-state index >= 15 is 0 Å².